The molecule has 0 amide bonds. The lowest BCUT2D eigenvalue weighted by Gasteiger charge is -2.07. The van der Waals surface area contributed by atoms with E-state index in [1.165, 1.54) is 20.2 Å². The largest absolute Gasteiger partial charge is 0.497 e. The van der Waals surface area contributed by atoms with Gasteiger partial charge in [0.1, 0.15) is 18.6 Å². The minimum absolute atomic E-state index is 0.391. The molecule has 0 aliphatic rings. The van der Waals surface area contributed by atoms with Gasteiger partial charge >= 0.3 is 5.97 Å². The third-order valence-corrected chi connectivity index (χ3v) is 1.77. The second kappa shape index (κ2) is 5.75. The van der Waals surface area contributed by atoms with Crippen molar-refractivity contribution in [1.29, 1.82) is 0 Å². The fraction of sp³-hybridized carbons (Fsp3) is 0.273. The van der Waals surface area contributed by atoms with Crippen molar-refractivity contribution in [3.05, 3.63) is 23.8 Å². The Balaban J connectivity index is 3.05. The number of ether oxygens (including phenoxy) is 2. The van der Waals surface area contributed by atoms with Crippen LogP contribution < -0.4 is 9.47 Å². The quantitative estimate of drug-likeness (QED) is 0.337. The van der Waals surface area contributed by atoms with Gasteiger partial charge in [0.05, 0.1) is 13.3 Å². The molecular weight excluding hydrogens is 210 g/mol. The summed E-state index contributed by atoms with van der Waals surface area (Å²) in [5.41, 5.74) is 0.608. The van der Waals surface area contributed by atoms with Gasteiger partial charge in [0.15, 0.2) is 0 Å². The van der Waals surface area contributed by atoms with Gasteiger partial charge < -0.3 is 14.3 Å². The van der Waals surface area contributed by atoms with Crippen molar-refractivity contribution in [2.45, 2.75) is 6.92 Å². The Hall–Kier alpha value is -2.04. The number of rotatable bonds is 4. The molecule has 0 atom stereocenters. The highest BCUT2D eigenvalue weighted by Crippen LogP contribution is 2.22. The summed E-state index contributed by atoms with van der Waals surface area (Å²) in [7, 11) is 2.99. The van der Waals surface area contributed by atoms with Crippen LogP contribution >= 0.6 is 0 Å². The smallest absolute Gasteiger partial charge is 0.308 e. The molecule has 0 bridgehead atoms. The molecule has 0 unspecified atom stereocenters. The maximum absolute atomic E-state index is 10.9. The molecule has 0 fully saturated rings. The monoisotopic (exact) mass is 223 g/mol. The summed E-state index contributed by atoms with van der Waals surface area (Å²) in [6.45, 7) is 1.33. The molecule has 5 nitrogen and oxygen atoms in total. The maximum atomic E-state index is 10.9. The molecule has 0 N–H and O–H groups in total. The van der Waals surface area contributed by atoms with Crippen molar-refractivity contribution >= 4 is 12.2 Å². The van der Waals surface area contributed by atoms with Crippen LogP contribution in [0.4, 0.5) is 0 Å². The first-order valence-electron chi connectivity index (χ1n) is 4.60. The van der Waals surface area contributed by atoms with E-state index in [1.54, 1.807) is 25.3 Å². The average molecular weight is 223 g/mol. The fourth-order valence-corrected chi connectivity index (χ4v) is 1.11. The van der Waals surface area contributed by atoms with Crippen LogP contribution in [-0.4, -0.2) is 26.4 Å². The Morgan fingerprint density at radius 2 is 2.12 bits per heavy atom. The number of nitrogens with zero attached hydrogens (tertiary/aromatic N) is 1. The first-order chi connectivity index (χ1) is 7.67. The highest BCUT2D eigenvalue weighted by atomic mass is 16.6. The predicted molar refractivity (Wildman–Crippen MR) is 58.9 cm³/mol. The van der Waals surface area contributed by atoms with Crippen LogP contribution in [0.3, 0.4) is 0 Å². The molecule has 5 heteroatoms. The van der Waals surface area contributed by atoms with Crippen molar-refractivity contribution in [1.82, 2.24) is 0 Å². The predicted octanol–water partition coefficient (Wildman–Crippen LogP) is 1.60. The summed E-state index contributed by atoms with van der Waals surface area (Å²) >= 11 is 0. The highest BCUT2D eigenvalue weighted by Gasteiger charge is 2.06. The van der Waals surface area contributed by atoms with Crippen LogP contribution in [0.25, 0.3) is 0 Å². The van der Waals surface area contributed by atoms with Crippen molar-refractivity contribution in [3.63, 3.8) is 0 Å². The molecule has 0 aromatic heterocycles. The molecular formula is C11H13NO4. The summed E-state index contributed by atoms with van der Waals surface area (Å²) in [6, 6.07) is 5.03. The molecule has 0 spiro atoms. The van der Waals surface area contributed by atoms with Crippen LogP contribution in [-0.2, 0) is 9.63 Å². The lowest BCUT2D eigenvalue weighted by molar-refractivity contribution is -0.131. The first kappa shape index (κ1) is 12.0. The average Bonchev–Trinajstić information content (AvgIpc) is 2.27. The molecule has 1 aromatic carbocycles. The van der Waals surface area contributed by atoms with E-state index in [9.17, 15) is 4.79 Å². The topological polar surface area (TPSA) is 57.1 Å². The third-order valence-electron chi connectivity index (χ3n) is 1.77. The van der Waals surface area contributed by atoms with Gasteiger partial charge in [-0.1, -0.05) is 5.16 Å². The minimum atomic E-state index is -0.391. The molecule has 0 radical (unpaired) electrons. The molecule has 0 aliphatic carbocycles. The van der Waals surface area contributed by atoms with Crippen LogP contribution in [0.1, 0.15) is 12.5 Å². The van der Waals surface area contributed by atoms with Crippen molar-refractivity contribution in [3.8, 4) is 11.5 Å². The van der Waals surface area contributed by atoms with Gasteiger partial charge in [0.25, 0.3) is 0 Å². The zero-order valence-corrected chi connectivity index (χ0v) is 9.39. The second-order valence-electron chi connectivity index (χ2n) is 2.91. The van der Waals surface area contributed by atoms with Gasteiger partial charge in [-0.05, 0) is 18.2 Å². The normalized spacial score (nSPS) is 10.2. The summed E-state index contributed by atoms with van der Waals surface area (Å²) < 4.78 is 10.1. The maximum Gasteiger partial charge on any atom is 0.308 e. The Labute approximate surface area is 93.6 Å². The lowest BCUT2D eigenvalue weighted by Crippen LogP contribution is -2.04. The molecule has 1 rings (SSSR count). The molecule has 0 saturated heterocycles. The number of oxime groups is 1. The van der Waals surface area contributed by atoms with E-state index >= 15 is 0 Å². The van der Waals surface area contributed by atoms with Crippen LogP contribution in [0.2, 0.25) is 0 Å². The van der Waals surface area contributed by atoms with Crippen LogP contribution in [0.5, 0.6) is 11.5 Å². The van der Waals surface area contributed by atoms with Gasteiger partial charge in [0.2, 0.25) is 0 Å². The fourth-order valence-electron chi connectivity index (χ4n) is 1.11. The van der Waals surface area contributed by atoms with E-state index in [-0.39, 0.29) is 0 Å². The number of hydrogen-bond donors (Lipinski definition) is 0. The summed E-state index contributed by atoms with van der Waals surface area (Å²) in [5.74, 6) is 0.666. The molecule has 0 saturated carbocycles. The number of benzene rings is 1. The first-order valence-corrected chi connectivity index (χ1v) is 4.60. The minimum Gasteiger partial charge on any atom is -0.497 e. The number of carbonyl (C=O) groups excluding carboxylic acids is 1. The Morgan fingerprint density at radius 1 is 1.38 bits per heavy atom. The number of methoxy groups -OCH3 is 1. The van der Waals surface area contributed by atoms with E-state index in [2.05, 4.69) is 9.99 Å². The van der Waals surface area contributed by atoms with Crippen molar-refractivity contribution < 1.29 is 19.1 Å². The van der Waals surface area contributed by atoms with Crippen molar-refractivity contribution in [2.75, 3.05) is 14.2 Å². The molecule has 0 aliphatic heterocycles. The third kappa shape index (κ3) is 3.27. The van der Waals surface area contributed by atoms with Gasteiger partial charge in [-0.25, -0.2) is 0 Å². The van der Waals surface area contributed by atoms with E-state index in [0.29, 0.717) is 17.1 Å². The van der Waals surface area contributed by atoms with E-state index < -0.39 is 5.97 Å². The molecule has 0 heterocycles. The van der Waals surface area contributed by atoms with Crippen LogP contribution in [0.15, 0.2) is 23.4 Å². The van der Waals surface area contributed by atoms with E-state index in [1.807, 2.05) is 0 Å². The van der Waals surface area contributed by atoms with E-state index in [0.717, 1.165) is 0 Å². The SMILES string of the molecule is CO/N=C/c1cc(OC)ccc1OC(C)=O. The second-order valence-corrected chi connectivity index (χ2v) is 2.91. The van der Waals surface area contributed by atoms with Gasteiger partial charge in [-0.3, -0.25) is 4.79 Å². The molecule has 86 valence electrons. The van der Waals surface area contributed by atoms with Gasteiger partial charge in [0, 0.05) is 12.5 Å². The Kier molecular flexibility index (Phi) is 4.32. The molecule has 16 heavy (non-hydrogen) atoms. The Bertz CT molecular complexity index is 401. The summed E-state index contributed by atoms with van der Waals surface area (Å²) in [5, 5.41) is 3.61. The highest BCUT2D eigenvalue weighted by molar-refractivity contribution is 5.85. The molecule has 1 aromatic rings. The number of esters is 1. The zero-order chi connectivity index (χ0) is 12.0. The van der Waals surface area contributed by atoms with Crippen molar-refractivity contribution in [2.24, 2.45) is 5.16 Å². The van der Waals surface area contributed by atoms with E-state index in [4.69, 9.17) is 9.47 Å². The standard InChI is InChI=1S/C11H13NO4/c1-8(13)16-11-5-4-10(14-2)6-9(11)7-12-15-3/h4-7H,1-3H3/b12-7+. The van der Waals surface area contributed by atoms with Crippen LogP contribution in [0, 0.1) is 0 Å². The lowest BCUT2D eigenvalue weighted by atomic mass is 10.2. The summed E-state index contributed by atoms with van der Waals surface area (Å²) in [4.78, 5) is 15.4. The number of carbonyl (C=O) groups is 1. The zero-order valence-electron chi connectivity index (χ0n) is 9.39. The van der Waals surface area contributed by atoms with Gasteiger partial charge in [-0.15, -0.1) is 0 Å². The summed E-state index contributed by atoms with van der Waals surface area (Å²) in [6.07, 6.45) is 1.45. The van der Waals surface area contributed by atoms with Gasteiger partial charge in [-0.2, -0.15) is 0 Å². The number of hydrogen-bond acceptors (Lipinski definition) is 5. The Morgan fingerprint density at radius 3 is 2.69 bits per heavy atom.